The van der Waals surface area contributed by atoms with Gasteiger partial charge < -0.3 is 26.0 Å². The number of hydrogen-bond donors (Lipinski definition) is 5. The summed E-state index contributed by atoms with van der Waals surface area (Å²) in [7, 11) is 4.20. The molecule has 31 heavy (non-hydrogen) atoms. The highest BCUT2D eigenvalue weighted by molar-refractivity contribution is 7.20. The van der Waals surface area contributed by atoms with Gasteiger partial charge in [0.15, 0.2) is 17.9 Å². The van der Waals surface area contributed by atoms with Crippen LogP contribution in [0, 0.1) is 0 Å². The lowest BCUT2D eigenvalue weighted by atomic mass is 9.86. The molecular weight excluding hydrogens is 415 g/mol. The minimum atomic E-state index is -1.63. The van der Waals surface area contributed by atoms with Crippen molar-refractivity contribution >= 4 is 20.8 Å². The number of likely N-dealkylation sites (N-methyl/N-ethyl adjacent to an activating group) is 1. The van der Waals surface area contributed by atoms with Crippen LogP contribution >= 0.6 is 9.24 Å². The number of nitrogens with one attached hydrogen (secondary N) is 2. The van der Waals surface area contributed by atoms with Gasteiger partial charge in [0.1, 0.15) is 0 Å². The van der Waals surface area contributed by atoms with Crippen LogP contribution in [0.2, 0.25) is 0 Å². The summed E-state index contributed by atoms with van der Waals surface area (Å²) in [6.07, 6.45) is 1.86. The molecule has 0 spiro atoms. The lowest BCUT2D eigenvalue weighted by Crippen LogP contribution is -2.23. The third-order valence-electron chi connectivity index (χ3n) is 5.01. The summed E-state index contributed by atoms with van der Waals surface area (Å²) < 4.78 is 0. The van der Waals surface area contributed by atoms with Gasteiger partial charge in [-0.25, -0.2) is 0 Å². The van der Waals surface area contributed by atoms with Crippen molar-refractivity contribution in [3.63, 3.8) is 0 Å². The molecule has 1 aliphatic carbocycles. The van der Waals surface area contributed by atoms with Gasteiger partial charge in [0.05, 0.1) is 12.2 Å². The first kappa shape index (κ1) is 24.9. The molecule has 0 amide bonds. The van der Waals surface area contributed by atoms with E-state index in [1.807, 2.05) is 6.08 Å². The molecule has 0 bridgehead atoms. The van der Waals surface area contributed by atoms with Gasteiger partial charge in [-0.3, -0.25) is 9.59 Å². The number of Topliss-reactive ketones (excluding diaryl/α,β-unsaturated/α-hetero) is 2. The van der Waals surface area contributed by atoms with Crippen LogP contribution in [-0.2, 0) is 22.6 Å². The predicted molar refractivity (Wildman–Crippen MR) is 123 cm³/mol. The van der Waals surface area contributed by atoms with Crippen LogP contribution in [0.4, 0.5) is 0 Å². The Morgan fingerprint density at radius 2 is 2.06 bits per heavy atom. The standard InChI is InChI=1S/C23H29N2O5P/c1-14(24-2)19-12-22(28)20(10-16(19)5-8-31)21(27)11-15-3-4-17(23(29)30)9-18(15)13-25-6-7-26/h3-5,8-10,23-26,29-30H,1,6-7,11-13,31H2,2H3/b8-5+. The average molecular weight is 444 g/mol. The van der Waals surface area contributed by atoms with Crippen molar-refractivity contribution in [2.24, 2.45) is 0 Å². The van der Waals surface area contributed by atoms with Crippen molar-refractivity contribution in [1.82, 2.24) is 10.6 Å². The Morgan fingerprint density at radius 3 is 2.68 bits per heavy atom. The quantitative estimate of drug-likeness (QED) is 0.151. The van der Waals surface area contributed by atoms with Crippen molar-refractivity contribution < 1.29 is 24.9 Å². The molecule has 166 valence electrons. The number of allylic oxidation sites excluding steroid dienone is 5. The van der Waals surface area contributed by atoms with Crippen LogP contribution in [0.5, 0.6) is 0 Å². The second-order valence-electron chi connectivity index (χ2n) is 7.08. The van der Waals surface area contributed by atoms with Crippen molar-refractivity contribution in [1.29, 1.82) is 0 Å². The highest BCUT2D eigenvalue weighted by Crippen LogP contribution is 2.28. The van der Waals surface area contributed by atoms with E-state index in [1.165, 1.54) is 6.07 Å². The largest absolute Gasteiger partial charge is 0.395 e. The van der Waals surface area contributed by atoms with Crippen LogP contribution < -0.4 is 10.6 Å². The smallest absolute Gasteiger partial charge is 0.178 e. The van der Waals surface area contributed by atoms with E-state index >= 15 is 0 Å². The van der Waals surface area contributed by atoms with Gasteiger partial charge in [-0.05, 0) is 34.4 Å². The summed E-state index contributed by atoms with van der Waals surface area (Å²) in [6.45, 7) is 4.58. The van der Waals surface area contributed by atoms with Gasteiger partial charge in [0.25, 0.3) is 0 Å². The number of benzene rings is 1. The molecule has 1 unspecified atom stereocenters. The van der Waals surface area contributed by atoms with Crippen molar-refractivity contribution in [2.75, 3.05) is 20.2 Å². The Labute approximate surface area is 184 Å². The number of rotatable bonds is 11. The lowest BCUT2D eigenvalue weighted by molar-refractivity contribution is -0.120. The van der Waals surface area contributed by atoms with Gasteiger partial charge in [-0.15, -0.1) is 9.24 Å². The molecule has 8 heteroatoms. The lowest BCUT2D eigenvalue weighted by Gasteiger charge is -2.19. The zero-order chi connectivity index (χ0) is 23.0. The topological polar surface area (TPSA) is 119 Å². The molecule has 7 nitrogen and oxygen atoms in total. The van der Waals surface area contributed by atoms with Crippen LogP contribution in [0.25, 0.3) is 0 Å². The van der Waals surface area contributed by atoms with Crippen LogP contribution in [-0.4, -0.2) is 47.1 Å². The Balaban J connectivity index is 2.36. The minimum Gasteiger partial charge on any atom is -0.395 e. The van der Waals surface area contributed by atoms with E-state index in [9.17, 15) is 19.8 Å². The van der Waals surface area contributed by atoms with Crippen molar-refractivity contribution in [3.05, 3.63) is 81.9 Å². The summed E-state index contributed by atoms with van der Waals surface area (Å²) in [5, 5.41) is 33.9. The molecule has 0 saturated heterocycles. The van der Waals surface area contributed by atoms with Gasteiger partial charge in [0.2, 0.25) is 0 Å². The highest BCUT2D eigenvalue weighted by atomic mass is 31.0. The third kappa shape index (κ3) is 6.53. The van der Waals surface area contributed by atoms with E-state index in [0.29, 0.717) is 35.5 Å². The highest BCUT2D eigenvalue weighted by Gasteiger charge is 2.26. The van der Waals surface area contributed by atoms with Crippen LogP contribution in [0.15, 0.2) is 65.2 Å². The average Bonchev–Trinajstić information content (AvgIpc) is 2.75. The molecule has 1 aromatic carbocycles. The van der Waals surface area contributed by atoms with Crippen molar-refractivity contribution in [2.45, 2.75) is 25.7 Å². The molecule has 0 fully saturated rings. The Hall–Kier alpha value is -2.41. The summed E-state index contributed by atoms with van der Waals surface area (Å²) in [5.74, 6) is 1.19. The molecule has 0 radical (unpaired) electrons. The summed E-state index contributed by atoms with van der Waals surface area (Å²) in [4.78, 5) is 25.8. The number of aliphatic hydroxyl groups is 3. The fourth-order valence-corrected chi connectivity index (χ4v) is 3.52. The Bertz CT molecular complexity index is 947. The van der Waals surface area contributed by atoms with Gasteiger partial charge in [-0.1, -0.05) is 30.6 Å². The van der Waals surface area contributed by atoms with Gasteiger partial charge >= 0.3 is 0 Å². The number of aliphatic hydroxyl groups excluding tert-OH is 2. The molecule has 0 saturated carbocycles. The Kier molecular flexibility index (Phi) is 9.49. The first-order valence-corrected chi connectivity index (χ1v) is 10.5. The van der Waals surface area contributed by atoms with E-state index in [0.717, 1.165) is 11.1 Å². The first-order chi connectivity index (χ1) is 14.8. The zero-order valence-electron chi connectivity index (χ0n) is 17.5. The maximum absolute atomic E-state index is 13.0. The number of carbonyl (C=O) groups excluding carboxylic acids is 2. The van der Waals surface area contributed by atoms with E-state index in [1.54, 1.807) is 31.1 Å². The normalized spacial score (nSPS) is 14.4. The second kappa shape index (κ2) is 11.8. The van der Waals surface area contributed by atoms with E-state index in [2.05, 4.69) is 26.5 Å². The minimum absolute atomic E-state index is 0.00427. The first-order valence-electron chi connectivity index (χ1n) is 9.88. The van der Waals surface area contributed by atoms with Gasteiger partial charge in [-0.2, -0.15) is 0 Å². The molecule has 1 aromatic rings. The summed E-state index contributed by atoms with van der Waals surface area (Å²) in [6, 6.07) is 4.80. The SMILES string of the molecule is C=C(NC)C1=C(/C=C/P)C=C(C(=O)Cc2ccc(C(O)O)cc2CNCCO)C(=O)C1. The molecule has 0 heterocycles. The van der Waals surface area contributed by atoms with E-state index < -0.39 is 6.29 Å². The predicted octanol–water partition coefficient (Wildman–Crippen LogP) is 1.18. The number of ketones is 2. The maximum atomic E-state index is 13.0. The molecule has 2 rings (SSSR count). The van der Waals surface area contributed by atoms with Crippen LogP contribution in [0.3, 0.4) is 0 Å². The maximum Gasteiger partial charge on any atom is 0.178 e. The summed E-state index contributed by atoms with van der Waals surface area (Å²) >= 11 is 0. The zero-order valence-corrected chi connectivity index (χ0v) is 18.7. The van der Waals surface area contributed by atoms with Crippen LogP contribution in [0.1, 0.15) is 29.4 Å². The number of carbonyl (C=O) groups is 2. The molecule has 5 N–H and O–H groups in total. The summed E-state index contributed by atoms with van der Waals surface area (Å²) in [5.41, 5.74) is 3.93. The molecule has 0 aliphatic heterocycles. The van der Waals surface area contributed by atoms with Crippen molar-refractivity contribution in [3.8, 4) is 0 Å². The number of hydrogen-bond acceptors (Lipinski definition) is 7. The fraction of sp³-hybridized carbons (Fsp3) is 0.304. The van der Waals surface area contributed by atoms with E-state index in [-0.39, 0.29) is 36.6 Å². The van der Waals surface area contributed by atoms with E-state index in [4.69, 9.17) is 5.11 Å². The molecular formula is C23H29N2O5P. The monoisotopic (exact) mass is 444 g/mol. The van der Waals surface area contributed by atoms with Gasteiger partial charge in [0, 0.05) is 44.2 Å². The fourth-order valence-electron chi connectivity index (χ4n) is 3.31. The molecule has 1 aliphatic rings. The Morgan fingerprint density at radius 1 is 1.32 bits per heavy atom. The second-order valence-corrected chi connectivity index (χ2v) is 7.47. The third-order valence-corrected chi connectivity index (χ3v) is 5.20. The molecule has 1 atom stereocenters. The molecule has 0 aromatic heterocycles.